The zero-order valence-electron chi connectivity index (χ0n) is 24.9. The molecular formula is C32H35ClN6O6. The highest BCUT2D eigenvalue weighted by atomic mass is 35.5. The number of imidazole rings is 1. The predicted octanol–water partition coefficient (Wildman–Crippen LogP) is 4.29. The molecule has 4 heterocycles. The molecule has 1 aromatic carbocycles. The summed E-state index contributed by atoms with van der Waals surface area (Å²) in [5.74, 6) is 0.484. The van der Waals surface area contributed by atoms with Crippen molar-refractivity contribution in [2.45, 2.75) is 51.3 Å². The number of nitrogens with one attached hydrogen (secondary N) is 1. The second kappa shape index (κ2) is 13.3. The fraction of sp³-hybridized carbons (Fsp3) is 0.406. The Morgan fingerprint density at radius 1 is 1.09 bits per heavy atom. The largest absolute Gasteiger partial charge is 0.475 e. The van der Waals surface area contributed by atoms with Crippen LogP contribution in [0.2, 0.25) is 5.02 Å². The summed E-state index contributed by atoms with van der Waals surface area (Å²) in [6, 6.07) is 12.9. The van der Waals surface area contributed by atoms with Crippen LogP contribution in [0.1, 0.15) is 41.7 Å². The number of hydrogen-bond acceptors (Lipinski definition) is 7. The summed E-state index contributed by atoms with van der Waals surface area (Å²) >= 11 is 6.05. The first-order valence-electron chi connectivity index (χ1n) is 15.1. The van der Waals surface area contributed by atoms with Gasteiger partial charge in [-0.1, -0.05) is 23.7 Å². The van der Waals surface area contributed by atoms with Crippen LogP contribution in [0, 0.1) is 12.8 Å². The number of hydrogen-bond donors (Lipinski definition) is 2. The van der Waals surface area contributed by atoms with Gasteiger partial charge in [0.15, 0.2) is 0 Å². The number of nitrogens with zero attached hydrogens (tertiary/aromatic N) is 5. The Hall–Kier alpha value is -4.42. The third-order valence-corrected chi connectivity index (χ3v) is 8.77. The molecule has 0 spiro atoms. The molecule has 1 saturated carbocycles. The van der Waals surface area contributed by atoms with Gasteiger partial charge in [0.05, 0.1) is 52.3 Å². The van der Waals surface area contributed by atoms with Crippen molar-refractivity contribution in [2.75, 3.05) is 26.3 Å². The number of aryl methyl sites for hydroxylation is 1. The highest BCUT2D eigenvalue weighted by Gasteiger charge is 2.27. The molecule has 0 radical (unpaired) electrons. The Labute approximate surface area is 264 Å². The van der Waals surface area contributed by atoms with Crippen molar-refractivity contribution >= 4 is 34.6 Å². The van der Waals surface area contributed by atoms with E-state index >= 15 is 0 Å². The minimum atomic E-state index is -0.977. The molecule has 2 amide bonds. The van der Waals surface area contributed by atoms with Gasteiger partial charge >= 0.3 is 11.8 Å². The van der Waals surface area contributed by atoms with Gasteiger partial charge in [0.25, 0.3) is 5.91 Å². The second-order valence-corrected chi connectivity index (χ2v) is 12.0. The van der Waals surface area contributed by atoms with Crippen molar-refractivity contribution in [1.82, 2.24) is 29.3 Å². The van der Waals surface area contributed by atoms with E-state index in [2.05, 4.69) is 15.3 Å². The maximum atomic E-state index is 13.8. The first kappa shape index (κ1) is 30.6. The average molecular weight is 635 g/mol. The zero-order valence-corrected chi connectivity index (χ0v) is 25.7. The molecule has 1 aliphatic carbocycles. The fourth-order valence-corrected chi connectivity index (χ4v) is 6.30. The van der Waals surface area contributed by atoms with Gasteiger partial charge in [0.1, 0.15) is 12.7 Å². The number of carboxylic acid groups (broad SMARTS) is 1. The van der Waals surface area contributed by atoms with Crippen LogP contribution in [0.4, 0.5) is 4.79 Å². The van der Waals surface area contributed by atoms with Gasteiger partial charge in [-0.3, -0.25) is 18.9 Å². The maximum absolute atomic E-state index is 13.8. The normalized spacial score (nSPS) is 20.2. The first-order valence-corrected chi connectivity index (χ1v) is 15.5. The number of benzene rings is 1. The summed E-state index contributed by atoms with van der Waals surface area (Å²) < 4.78 is 14.9. The number of ether oxygens (including phenoxy) is 2. The van der Waals surface area contributed by atoms with Gasteiger partial charge in [-0.15, -0.1) is 0 Å². The summed E-state index contributed by atoms with van der Waals surface area (Å²) in [5.41, 5.74) is 3.24. The van der Waals surface area contributed by atoms with Gasteiger partial charge < -0.3 is 24.8 Å². The number of carbonyl (C=O) groups excluding carboxylic acids is 1. The molecule has 0 bridgehead atoms. The van der Waals surface area contributed by atoms with E-state index in [-0.39, 0.29) is 42.8 Å². The Bertz CT molecular complexity index is 1750. The molecule has 12 nitrogen and oxygen atoms in total. The molecule has 1 atom stereocenters. The summed E-state index contributed by atoms with van der Waals surface area (Å²) in [6.45, 7) is 3.42. The highest BCUT2D eigenvalue weighted by Crippen LogP contribution is 2.28. The third-order valence-electron chi connectivity index (χ3n) is 8.56. The van der Waals surface area contributed by atoms with Crippen LogP contribution in [-0.2, 0) is 11.3 Å². The van der Waals surface area contributed by atoms with E-state index in [1.165, 1.54) is 11.1 Å². The van der Waals surface area contributed by atoms with Gasteiger partial charge in [-0.25, -0.2) is 14.6 Å². The van der Waals surface area contributed by atoms with E-state index in [0.29, 0.717) is 47.5 Å². The third kappa shape index (κ3) is 6.81. The lowest BCUT2D eigenvalue weighted by Gasteiger charge is -2.30. The molecule has 3 aromatic heterocycles. The topological polar surface area (TPSA) is 141 Å². The number of pyridine rings is 2. The lowest BCUT2D eigenvalue weighted by Crippen LogP contribution is -2.47. The Balaban J connectivity index is 1.10. The van der Waals surface area contributed by atoms with Gasteiger partial charge in [-0.2, -0.15) is 0 Å². The minimum absolute atomic E-state index is 0.0535. The van der Waals surface area contributed by atoms with E-state index < -0.39 is 6.09 Å². The monoisotopic (exact) mass is 634 g/mol. The number of para-hydroxylation sites is 2. The number of carbonyl (C=O) groups is 2. The van der Waals surface area contributed by atoms with Crippen molar-refractivity contribution in [3.8, 4) is 11.6 Å². The summed E-state index contributed by atoms with van der Waals surface area (Å²) in [4.78, 5) is 47.8. The average Bonchev–Trinajstić information content (AvgIpc) is 3.33. The van der Waals surface area contributed by atoms with Crippen LogP contribution in [-0.4, -0.2) is 79.6 Å². The molecular weight excluding hydrogens is 600 g/mol. The lowest BCUT2D eigenvalue weighted by atomic mass is 9.85. The number of morpholine rings is 1. The Kier molecular flexibility index (Phi) is 9.04. The van der Waals surface area contributed by atoms with Gasteiger partial charge in [0.2, 0.25) is 5.88 Å². The number of halogens is 1. The molecule has 6 rings (SSSR count). The van der Waals surface area contributed by atoms with Crippen LogP contribution in [0.5, 0.6) is 5.88 Å². The van der Waals surface area contributed by atoms with Crippen molar-refractivity contribution in [3.63, 3.8) is 0 Å². The fourth-order valence-electron chi connectivity index (χ4n) is 6.14. The van der Waals surface area contributed by atoms with E-state index in [1.807, 2.05) is 28.8 Å². The van der Waals surface area contributed by atoms with E-state index in [4.69, 9.17) is 21.1 Å². The molecule has 0 unspecified atom stereocenters. The summed E-state index contributed by atoms with van der Waals surface area (Å²) in [7, 11) is 0. The second-order valence-electron chi connectivity index (χ2n) is 11.6. The number of amides is 2. The molecule has 45 heavy (non-hydrogen) atoms. The molecule has 1 aliphatic heterocycles. The molecule has 2 N–H and O–H groups in total. The molecule has 2 fully saturated rings. The SMILES string of the molecule is Cc1ncc(Cl)cc1C(=O)NC1CCC(Cn2c(=O)n(-c3ccc(OC[C@H]4CN(C(=O)O)CCO4)nc3)c3ccccc32)CC1. The molecule has 13 heteroatoms. The van der Waals surface area contributed by atoms with Gasteiger partial charge in [0, 0.05) is 31.4 Å². The standard InChI is InChI=1S/C32H35ClN6O6/c1-20-26(14-22(33)15-34-20)30(40)36-23-8-6-21(7-9-23)17-38-27-4-2-3-5-28(27)39(31(38)41)24-10-11-29(35-16-24)45-19-25-18-37(32(42)43)12-13-44-25/h2-5,10-11,14-16,21,23,25H,6-9,12-13,17-19H2,1H3,(H,36,40)(H,42,43)/t21?,23?,25-/m1/s1. The molecule has 2 aliphatic rings. The minimum Gasteiger partial charge on any atom is -0.475 e. The van der Waals surface area contributed by atoms with Crippen molar-refractivity contribution in [3.05, 3.63) is 81.6 Å². The number of aromatic nitrogens is 4. The van der Waals surface area contributed by atoms with E-state index in [1.54, 1.807) is 35.9 Å². The summed E-state index contributed by atoms with van der Waals surface area (Å²) in [6.07, 6.45) is 5.18. The van der Waals surface area contributed by atoms with Crippen LogP contribution in [0.15, 0.2) is 59.7 Å². The first-order chi connectivity index (χ1) is 21.8. The Morgan fingerprint density at radius 2 is 1.87 bits per heavy atom. The Morgan fingerprint density at radius 3 is 2.60 bits per heavy atom. The van der Waals surface area contributed by atoms with Crippen LogP contribution in [0.3, 0.4) is 0 Å². The molecule has 4 aromatic rings. The molecule has 236 valence electrons. The smallest absolute Gasteiger partial charge is 0.407 e. The lowest BCUT2D eigenvalue weighted by molar-refractivity contribution is -0.0418. The predicted molar refractivity (Wildman–Crippen MR) is 167 cm³/mol. The quantitative estimate of drug-likeness (QED) is 0.293. The van der Waals surface area contributed by atoms with E-state index in [0.717, 1.165) is 36.7 Å². The van der Waals surface area contributed by atoms with E-state index in [9.17, 15) is 19.5 Å². The van der Waals surface area contributed by atoms with Crippen molar-refractivity contribution < 1.29 is 24.2 Å². The summed E-state index contributed by atoms with van der Waals surface area (Å²) in [5, 5.41) is 12.8. The van der Waals surface area contributed by atoms with Gasteiger partial charge in [-0.05, 0) is 62.8 Å². The van der Waals surface area contributed by atoms with Crippen molar-refractivity contribution in [1.29, 1.82) is 0 Å². The van der Waals surface area contributed by atoms with Crippen LogP contribution < -0.4 is 15.7 Å². The highest BCUT2D eigenvalue weighted by molar-refractivity contribution is 6.30. The number of fused-ring (bicyclic) bond motifs is 1. The zero-order chi connectivity index (χ0) is 31.5. The maximum Gasteiger partial charge on any atom is 0.407 e. The van der Waals surface area contributed by atoms with Crippen LogP contribution in [0.25, 0.3) is 16.7 Å². The number of rotatable bonds is 8. The van der Waals surface area contributed by atoms with Crippen LogP contribution >= 0.6 is 11.6 Å². The van der Waals surface area contributed by atoms with Crippen molar-refractivity contribution in [2.24, 2.45) is 5.92 Å². The molecule has 1 saturated heterocycles.